The first kappa shape index (κ1) is 7.81. The Morgan fingerprint density at radius 1 is 1.55 bits per heavy atom. The second-order valence-electron chi connectivity index (χ2n) is 2.46. The van der Waals surface area contributed by atoms with E-state index in [9.17, 15) is 0 Å². The normalized spacial score (nSPS) is 9.18. The fourth-order valence-corrected chi connectivity index (χ4v) is 1.04. The summed E-state index contributed by atoms with van der Waals surface area (Å²) in [6.45, 7) is 5.79. The van der Waals surface area contributed by atoms with Gasteiger partial charge in [-0.25, -0.2) is 0 Å². The summed E-state index contributed by atoms with van der Waals surface area (Å²) in [4.78, 5) is 0. The highest BCUT2D eigenvalue weighted by molar-refractivity contribution is 5.41. The third-order valence-corrected chi connectivity index (χ3v) is 1.68. The number of nitrogens with zero attached hydrogens (tertiary/aromatic N) is 1. The van der Waals surface area contributed by atoms with Crippen LogP contribution in [0.4, 0.5) is 0 Å². The molecule has 0 heterocycles. The van der Waals surface area contributed by atoms with E-state index in [1.165, 1.54) is 0 Å². The van der Waals surface area contributed by atoms with Crippen LogP contribution in [0.15, 0.2) is 18.2 Å². The zero-order valence-corrected chi connectivity index (χ0v) is 6.59. The van der Waals surface area contributed by atoms with Crippen molar-refractivity contribution in [3.63, 3.8) is 0 Å². The van der Waals surface area contributed by atoms with E-state index in [2.05, 4.69) is 13.0 Å². The van der Waals surface area contributed by atoms with Gasteiger partial charge in [0.05, 0.1) is 11.6 Å². The topological polar surface area (TPSA) is 23.8 Å². The molecule has 1 heteroatoms. The average Bonchev–Trinajstić information content (AvgIpc) is 2.04. The molecule has 1 rings (SSSR count). The lowest BCUT2D eigenvalue weighted by atomic mass is 10.0. The van der Waals surface area contributed by atoms with Crippen molar-refractivity contribution in [2.75, 3.05) is 0 Å². The van der Waals surface area contributed by atoms with E-state index in [0.29, 0.717) is 0 Å². The minimum atomic E-state index is 0.750. The number of benzene rings is 1. The highest BCUT2D eigenvalue weighted by atomic mass is 14.2. The molecule has 1 aromatic carbocycles. The monoisotopic (exact) mass is 144 g/mol. The summed E-state index contributed by atoms with van der Waals surface area (Å²) in [6.07, 6.45) is 0.906. The second-order valence-corrected chi connectivity index (χ2v) is 2.46. The molecule has 0 aliphatic carbocycles. The van der Waals surface area contributed by atoms with Crippen molar-refractivity contribution in [1.29, 1.82) is 5.26 Å². The van der Waals surface area contributed by atoms with Crippen LogP contribution >= 0.6 is 0 Å². The first-order valence-electron chi connectivity index (χ1n) is 3.63. The number of hydrogen-bond donors (Lipinski definition) is 0. The largest absolute Gasteiger partial charge is 0.192 e. The maximum absolute atomic E-state index is 8.70. The van der Waals surface area contributed by atoms with Crippen molar-refractivity contribution in [2.45, 2.75) is 13.3 Å². The lowest BCUT2D eigenvalue weighted by Crippen LogP contribution is -1.87. The molecule has 55 valence electrons. The summed E-state index contributed by atoms with van der Waals surface area (Å²) >= 11 is 0. The van der Waals surface area contributed by atoms with E-state index in [4.69, 9.17) is 5.26 Å². The van der Waals surface area contributed by atoms with E-state index in [1.54, 1.807) is 0 Å². The fourth-order valence-electron chi connectivity index (χ4n) is 1.04. The van der Waals surface area contributed by atoms with Gasteiger partial charge < -0.3 is 0 Å². The highest BCUT2D eigenvalue weighted by Crippen LogP contribution is 2.10. The van der Waals surface area contributed by atoms with Gasteiger partial charge in [-0.3, -0.25) is 0 Å². The number of nitriles is 1. The molecule has 0 saturated heterocycles. The summed E-state index contributed by atoms with van der Waals surface area (Å²) in [5.41, 5.74) is 2.75. The van der Waals surface area contributed by atoms with Crippen LogP contribution in [0, 0.1) is 18.3 Å². The molecule has 0 unspecified atom stereocenters. The van der Waals surface area contributed by atoms with Crippen molar-refractivity contribution in [2.24, 2.45) is 0 Å². The minimum Gasteiger partial charge on any atom is -0.192 e. The smallest absolute Gasteiger partial charge is 0.0994 e. The van der Waals surface area contributed by atoms with Crippen molar-refractivity contribution < 1.29 is 0 Å². The van der Waals surface area contributed by atoms with E-state index in [0.717, 1.165) is 23.1 Å². The summed E-state index contributed by atoms with van der Waals surface area (Å²) in [6, 6.07) is 7.86. The van der Waals surface area contributed by atoms with Crippen LogP contribution in [0.2, 0.25) is 0 Å². The zero-order valence-electron chi connectivity index (χ0n) is 6.59. The van der Waals surface area contributed by atoms with E-state index in [-0.39, 0.29) is 0 Å². The SMILES string of the molecule is [CH2]c1ccc(CC)c(C#N)c1. The molecule has 0 aliphatic heterocycles. The Balaban J connectivity index is 3.19. The third-order valence-electron chi connectivity index (χ3n) is 1.68. The van der Waals surface area contributed by atoms with E-state index >= 15 is 0 Å². The van der Waals surface area contributed by atoms with Gasteiger partial charge in [0.1, 0.15) is 0 Å². The van der Waals surface area contributed by atoms with Gasteiger partial charge in [0.15, 0.2) is 0 Å². The maximum Gasteiger partial charge on any atom is 0.0994 e. The number of aryl methyl sites for hydroxylation is 1. The highest BCUT2D eigenvalue weighted by Gasteiger charge is 1.97. The maximum atomic E-state index is 8.70. The van der Waals surface area contributed by atoms with Gasteiger partial charge >= 0.3 is 0 Å². The van der Waals surface area contributed by atoms with Crippen LogP contribution in [-0.2, 0) is 6.42 Å². The van der Waals surface area contributed by atoms with Crippen LogP contribution in [0.25, 0.3) is 0 Å². The predicted molar refractivity (Wildman–Crippen MR) is 45.0 cm³/mol. The van der Waals surface area contributed by atoms with Crippen LogP contribution in [0.3, 0.4) is 0 Å². The Kier molecular flexibility index (Phi) is 2.28. The van der Waals surface area contributed by atoms with Crippen molar-refractivity contribution in [3.05, 3.63) is 41.8 Å². The Labute approximate surface area is 67.3 Å². The Hall–Kier alpha value is -1.29. The molecule has 1 radical (unpaired) electrons. The van der Waals surface area contributed by atoms with Crippen molar-refractivity contribution >= 4 is 0 Å². The van der Waals surface area contributed by atoms with E-state index < -0.39 is 0 Å². The van der Waals surface area contributed by atoms with Gasteiger partial charge in [-0.1, -0.05) is 19.1 Å². The number of hydrogen-bond acceptors (Lipinski definition) is 1. The molecule has 0 N–H and O–H groups in total. The first-order valence-corrected chi connectivity index (χ1v) is 3.63. The summed E-state index contributed by atoms with van der Waals surface area (Å²) in [5, 5.41) is 8.70. The van der Waals surface area contributed by atoms with Crippen LogP contribution in [-0.4, -0.2) is 0 Å². The minimum absolute atomic E-state index is 0.750. The molecular weight excluding hydrogens is 134 g/mol. The quantitative estimate of drug-likeness (QED) is 0.593. The molecule has 0 aliphatic rings. The van der Waals surface area contributed by atoms with Gasteiger partial charge in [-0.2, -0.15) is 5.26 Å². The molecule has 1 nitrogen and oxygen atoms in total. The lowest BCUT2D eigenvalue weighted by molar-refractivity contribution is 1.13. The molecule has 1 aromatic rings. The lowest BCUT2D eigenvalue weighted by Gasteiger charge is -1.99. The Morgan fingerprint density at radius 2 is 2.27 bits per heavy atom. The van der Waals surface area contributed by atoms with Crippen LogP contribution in [0.1, 0.15) is 23.6 Å². The van der Waals surface area contributed by atoms with Gasteiger partial charge in [-0.05, 0) is 30.5 Å². The molecule has 11 heavy (non-hydrogen) atoms. The standard InChI is InChI=1S/C10H10N/c1-3-9-5-4-8(2)6-10(9)7-11/h4-6H,2-3H2,1H3. The second kappa shape index (κ2) is 3.21. The number of rotatable bonds is 1. The zero-order chi connectivity index (χ0) is 8.27. The van der Waals surface area contributed by atoms with Gasteiger partial charge in [0.25, 0.3) is 0 Å². The molecular formula is C10H10N. The Morgan fingerprint density at radius 3 is 2.82 bits per heavy atom. The fraction of sp³-hybridized carbons (Fsp3) is 0.200. The first-order chi connectivity index (χ1) is 5.27. The van der Waals surface area contributed by atoms with Gasteiger partial charge in [-0.15, -0.1) is 0 Å². The van der Waals surface area contributed by atoms with Crippen LogP contribution < -0.4 is 0 Å². The van der Waals surface area contributed by atoms with Crippen molar-refractivity contribution in [1.82, 2.24) is 0 Å². The molecule has 0 fully saturated rings. The predicted octanol–water partition coefficient (Wildman–Crippen LogP) is 2.30. The molecule has 0 aromatic heterocycles. The van der Waals surface area contributed by atoms with Gasteiger partial charge in [0, 0.05) is 0 Å². The molecule has 0 atom stereocenters. The summed E-state index contributed by atoms with van der Waals surface area (Å²) in [5.74, 6) is 0. The Bertz CT molecular complexity index is 294. The molecule has 0 amide bonds. The summed E-state index contributed by atoms with van der Waals surface area (Å²) in [7, 11) is 0. The van der Waals surface area contributed by atoms with E-state index in [1.807, 2.05) is 25.1 Å². The molecule has 0 saturated carbocycles. The van der Waals surface area contributed by atoms with Crippen LogP contribution in [0.5, 0.6) is 0 Å². The average molecular weight is 144 g/mol. The summed E-state index contributed by atoms with van der Waals surface area (Å²) < 4.78 is 0. The molecule has 0 spiro atoms. The van der Waals surface area contributed by atoms with Crippen molar-refractivity contribution in [3.8, 4) is 6.07 Å². The van der Waals surface area contributed by atoms with Gasteiger partial charge in [0.2, 0.25) is 0 Å². The third kappa shape index (κ3) is 1.59. The molecule has 0 bridgehead atoms.